The fourth-order valence-corrected chi connectivity index (χ4v) is 1.92. The highest BCUT2D eigenvalue weighted by Crippen LogP contribution is 2.19. The average Bonchev–Trinajstić information content (AvgIpc) is 2.94. The van der Waals surface area contributed by atoms with Crippen molar-refractivity contribution in [2.24, 2.45) is 5.92 Å². The minimum Gasteiger partial charge on any atom is -0.483 e. The van der Waals surface area contributed by atoms with E-state index in [0.29, 0.717) is 24.3 Å². The van der Waals surface area contributed by atoms with Crippen molar-refractivity contribution in [2.45, 2.75) is 40.3 Å². The Morgan fingerprint density at radius 3 is 2.67 bits per heavy atom. The van der Waals surface area contributed by atoms with Gasteiger partial charge >= 0.3 is 0 Å². The lowest BCUT2D eigenvalue weighted by Gasteiger charge is -2.12. The number of hydrogen-bond donors (Lipinski definition) is 1. The minimum atomic E-state index is 0.300. The van der Waals surface area contributed by atoms with E-state index < -0.39 is 0 Å². The summed E-state index contributed by atoms with van der Waals surface area (Å²) in [7, 11) is 0. The summed E-state index contributed by atoms with van der Waals surface area (Å²) < 4.78 is 11.2. The molecule has 0 saturated heterocycles. The lowest BCUT2D eigenvalue weighted by atomic mass is 10.2. The second-order valence-electron chi connectivity index (χ2n) is 5.36. The lowest BCUT2D eigenvalue weighted by Crippen LogP contribution is -2.19. The number of ether oxygens (including phenoxy) is 1. The molecule has 1 aromatic carbocycles. The molecule has 2 aromatic rings. The Balaban J connectivity index is 1.92. The van der Waals surface area contributed by atoms with Gasteiger partial charge in [0.05, 0.1) is 0 Å². The van der Waals surface area contributed by atoms with Crippen LogP contribution in [0.15, 0.2) is 28.7 Å². The summed E-state index contributed by atoms with van der Waals surface area (Å²) in [6.45, 7) is 8.44. The summed E-state index contributed by atoms with van der Waals surface area (Å²) in [6, 6.07) is 8.01. The summed E-state index contributed by atoms with van der Waals surface area (Å²) in [5.41, 5.74) is 1.13. The molecule has 21 heavy (non-hydrogen) atoms. The van der Waals surface area contributed by atoms with Crippen molar-refractivity contribution in [3.05, 3.63) is 41.6 Å². The number of aryl methyl sites for hydroxylation is 1. The smallest absolute Gasteiger partial charge is 0.253 e. The highest BCUT2D eigenvalue weighted by molar-refractivity contribution is 5.33. The lowest BCUT2D eigenvalue weighted by molar-refractivity contribution is 0.256. The number of aromatic nitrogens is 2. The molecule has 0 aliphatic rings. The second-order valence-corrected chi connectivity index (χ2v) is 5.36. The van der Waals surface area contributed by atoms with E-state index in [4.69, 9.17) is 9.15 Å². The zero-order valence-corrected chi connectivity index (χ0v) is 12.9. The van der Waals surface area contributed by atoms with Crippen LogP contribution in [0.5, 0.6) is 5.75 Å². The molecule has 0 unspecified atom stereocenters. The van der Waals surface area contributed by atoms with Gasteiger partial charge in [0.15, 0.2) is 6.61 Å². The number of hydrogen-bond acceptors (Lipinski definition) is 5. The highest BCUT2D eigenvalue weighted by Gasteiger charge is 2.07. The van der Waals surface area contributed by atoms with E-state index in [-0.39, 0.29) is 0 Å². The summed E-state index contributed by atoms with van der Waals surface area (Å²) in [4.78, 5) is 0. The quantitative estimate of drug-likeness (QED) is 0.809. The molecular formula is C16H23N3O2. The van der Waals surface area contributed by atoms with Crippen molar-refractivity contribution < 1.29 is 9.15 Å². The summed E-state index contributed by atoms with van der Waals surface area (Å²) in [6.07, 6.45) is 0.739. The van der Waals surface area contributed by atoms with Crippen molar-refractivity contribution in [3.63, 3.8) is 0 Å². The van der Waals surface area contributed by atoms with Gasteiger partial charge in [-0.1, -0.05) is 39.0 Å². The topological polar surface area (TPSA) is 60.2 Å². The maximum Gasteiger partial charge on any atom is 0.253 e. The Morgan fingerprint density at radius 2 is 1.95 bits per heavy atom. The Labute approximate surface area is 125 Å². The number of para-hydroxylation sites is 1. The van der Waals surface area contributed by atoms with E-state index in [9.17, 15) is 0 Å². The van der Waals surface area contributed by atoms with Crippen LogP contribution in [-0.4, -0.2) is 16.7 Å². The van der Waals surface area contributed by atoms with Crippen LogP contribution in [0.3, 0.4) is 0 Å². The summed E-state index contributed by atoms with van der Waals surface area (Å²) >= 11 is 0. The van der Waals surface area contributed by atoms with E-state index in [1.807, 2.05) is 25.1 Å². The number of nitrogens with zero attached hydrogens (tertiary/aromatic N) is 2. The van der Waals surface area contributed by atoms with E-state index in [0.717, 1.165) is 30.8 Å². The van der Waals surface area contributed by atoms with Crippen LogP contribution < -0.4 is 10.1 Å². The summed E-state index contributed by atoms with van der Waals surface area (Å²) in [5, 5.41) is 11.3. The van der Waals surface area contributed by atoms with Gasteiger partial charge < -0.3 is 14.5 Å². The molecule has 1 aromatic heterocycles. The van der Waals surface area contributed by atoms with Crippen molar-refractivity contribution in [1.82, 2.24) is 15.5 Å². The molecule has 0 radical (unpaired) electrons. The van der Waals surface area contributed by atoms with Crippen molar-refractivity contribution in [2.75, 3.05) is 6.54 Å². The monoisotopic (exact) mass is 289 g/mol. The Hall–Kier alpha value is -1.88. The molecule has 1 heterocycles. The molecule has 0 aliphatic heterocycles. The molecule has 0 aliphatic carbocycles. The number of benzene rings is 1. The first-order chi connectivity index (χ1) is 10.2. The highest BCUT2D eigenvalue weighted by atomic mass is 16.5. The fourth-order valence-electron chi connectivity index (χ4n) is 1.92. The molecule has 5 heteroatoms. The Bertz CT molecular complexity index is 552. The first-order valence-electron chi connectivity index (χ1n) is 7.41. The maximum absolute atomic E-state index is 5.80. The predicted octanol–water partition coefficient (Wildman–Crippen LogP) is 2.96. The van der Waals surface area contributed by atoms with Gasteiger partial charge in [-0.25, -0.2) is 0 Å². The van der Waals surface area contributed by atoms with Gasteiger partial charge in [-0.2, -0.15) is 0 Å². The average molecular weight is 289 g/mol. The van der Waals surface area contributed by atoms with Gasteiger partial charge in [-0.05, 0) is 18.5 Å². The number of rotatable bonds is 8. The van der Waals surface area contributed by atoms with Crippen LogP contribution >= 0.6 is 0 Å². The van der Waals surface area contributed by atoms with E-state index in [1.165, 1.54) is 0 Å². The van der Waals surface area contributed by atoms with Crippen molar-refractivity contribution in [1.29, 1.82) is 0 Å². The fraction of sp³-hybridized carbons (Fsp3) is 0.500. The molecule has 5 nitrogen and oxygen atoms in total. The van der Waals surface area contributed by atoms with Crippen LogP contribution in [0, 0.1) is 5.92 Å². The van der Waals surface area contributed by atoms with Gasteiger partial charge in [-0.15, -0.1) is 10.2 Å². The molecular weight excluding hydrogens is 266 g/mol. The van der Waals surface area contributed by atoms with Crippen LogP contribution in [0.4, 0.5) is 0 Å². The van der Waals surface area contributed by atoms with Crippen molar-refractivity contribution in [3.8, 4) is 5.75 Å². The first-order valence-corrected chi connectivity index (χ1v) is 7.41. The van der Waals surface area contributed by atoms with Crippen LogP contribution in [-0.2, 0) is 19.6 Å². The number of nitrogens with one attached hydrogen (secondary N) is 1. The summed E-state index contributed by atoms with van der Waals surface area (Å²) in [5.74, 6) is 2.63. The first kappa shape index (κ1) is 15.5. The van der Waals surface area contributed by atoms with Gasteiger partial charge in [0, 0.05) is 18.5 Å². The van der Waals surface area contributed by atoms with Gasteiger partial charge in [-0.3, -0.25) is 0 Å². The molecule has 0 saturated carbocycles. The van der Waals surface area contributed by atoms with Crippen LogP contribution in [0.1, 0.15) is 38.1 Å². The third-order valence-electron chi connectivity index (χ3n) is 3.00. The third-order valence-corrected chi connectivity index (χ3v) is 3.00. The van der Waals surface area contributed by atoms with Crippen LogP contribution in [0.2, 0.25) is 0 Å². The largest absolute Gasteiger partial charge is 0.483 e. The van der Waals surface area contributed by atoms with Gasteiger partial charge in [0.25, 0.3) is 5.89 Å². The standard InChI is InChI=1S/C16H23N3O2/c1-4-15-18-19-16(21-15)11-20-14-8-6-5-7-13(14)10-17-9-12(2)3/h5-8,12,17H,4,9-11H2,1-3H3. The molecule has 1 N–H and O–H groups in total. The van der Waals surface area contributed by atoms with Crippen LogP contribution in [0.25, 0.3) is 0 Å². The molecule has 0 spiro atoms. The Kier molecular flexibility index (Phi) is 5.75. The van der Waals surface area contributed by atoms with Gasteiger partial charge in [0.1, 0.15) is 5.75 Å². The molecule has 114 valence electrons. The van der Waals surface area contributed by atoms with E-state index in [2.05, 4.69) is 35.4 Å². The van der Waals surface area contributed by atoms with Crippen molar-refractivity contribution >= 4 is 0 Å². The molecule has 2 rings (SSSR count). The Morgan fingerprint density at radius 1 is 1.19 bits per heavy atom. The zero-order chi connectivity index (χ0) is 15.1. The zero-order valence-electron chi connectivity index (χ0n) is 12.9. The normalized spacial score (nSPS) is 11.0. The maximum atomic E-state index is 5.80. The van der Waals surface area contributed by atoms with E-state index in [1.54, 1.807) is 0 Å². The van der Waals surface area contributed by atoms with E-state index >= 15 is 0 Å². The van der Waals surface area contributed by atoms with Gasteiger partial charge in [0.2, 0.25) is 5.89 Å². The third kappa shape index (κ3) is 4.86. The molecule has 0 fully saturated rings. The minimum absolute atomic E-state index is 0.300. The molecule has 0 atom stereocenters. The molecule has 0 amide bonds. The second kappa shape index (κ2) is 7.78. The predicted molar refractivity (Wildman–Crippen MR) is 81.0 cm³/mol. The SMILES string of the molecule is CCc1nnc(COc2ccccc2CNCC(C)C)o1. The molecule has 0 bridgehead atoms.